The van der Waals surface area contributed by atoms with Gasteiger partial charge >= 0.3 is 0 Å². The maximum atomic E-state index is 13.6. The Bertz CT molecular complexity index is 683. The largest absolute Gasteiger partial charge is 0.451 e. The van der Waals surface area contributed by atoms with Crippen molar-refractivity contribution in [3.63, 3.8) is 0 Å². The summed E-state index contributed by atoms with van der Waals surface area (Å²) < 4.78 is 32.3. The van der Waals surface area contributed by atoms with Crippen molar-refractivity contribution in [2.75, 3.05) is 0 Å². The summed E-state index contributed by atoms with van der Waals surface area (Å²) in [6.07, 6.45) is 0. The third-order valence-electron chi connectivity index (χ3n) is 2.49. The SMILES string of the molecule is N#Cc1cc(F)c(Oc2ccc(C(N)=O)cc2)c(F)c1. The molecule has 0 aliphatic carbocycles. The van der Waals surface area contributed by atoms with Crippen molar-refractivity contribution in [1.29, 1.82) is 5.26 Å². The van der Waals surface area contributed by atoms with Gasteiger partial charge < -0.3 is 10.5 Å². The van der Waals surface area contributed by atoms with E-state index in [9.17, 15) is 13.6 Å². The minimum Gasteiger partial charge on any atom is -0.451 e. The smallest absolute Gasteiger partial charge is 0.248 e. The highest BCUT2D eigenvalue weighted by molar-refractivity contribution is 5.92. The average molecular weight is 274 g/mol. The highest BCUT2D eigenvalue weighted by atomic mass is 19.1. The van der Waals surface area contributed by atoms with Gasteiger partial charge in [0, 0.05) is 5.56 Å². The molecular formula is C14H8F2N2O2. The van der Waals surface area contributed by atoms with Gasteiger partial charge in [0.05, 0.1) is 11.6 Å². The maximum Gasteiger partial charge on any atom is 0.248 e. The fourth-order valence-electron chi connectivity index (χ4n) is 1.53. The number of benzene rings is 2. The van der Waals surface area contributed by atoms with Gasteiger partial charge in [0.25, 0.3) is 0 Å². The molecule has 0 aliphatic rings. The first-order chi connectivity index (χ1) is 9.51. The topological polar surface area (TPSA) is 76.1 Å². The Morgan fingerprint density at radius 1 is 1.15 bits per heavy atom. The van der Waals surface area contributed by atoms with E-state index in [1.54, 1.807) is 6.07 Å². The average Bonchev–Trinajstić information content (AvgIpc) is 2.43. The number of hydrogen-bond acceptors (Lipinski definition) is 3. The van der Waals surface area contributed by atoms with Crippen LogP contribution in [0.2, 0.25) is 0 Å². The van der Waals surface area contributed by atoms with Gasteiger partial charge in [-0.2, -0.15) is 5.26 Å². The van der Waals surface area contributed by atoms with Crippen LogP contribution in [0, 0.1) is 23.0 Å². The summed E-state index contributed by atoms with van der Waals surface area (Å²) >= 11 is 0. The first-order valence-corrected chi connectivity index (χ1v) is 5.48. The molecule has 0 aromatic heterocycles. The number of amides is 1. The zero-order chi connectivity index (χ0) is 14.7. The van der Waals surface area contributed by atoms with Crippen LogP contribution in [0.15, 0.2) is 36.4 Å². The fraction of sp³-hybridized carbons (Fsp3) is 0. The molecule has 0 saturated carbocycles. The second-order valence-electron chi connectivity index (χ2n) is 3.87. The van der Waals surface area contributed by atoms with Crippen molar-refractivity contribution >= 4 is 5.91 Å². The molecule has 6 heteroatoms. The van der Waals surface area contributed by atoms with Crippen LogP contribution >= 0.6 is 0 Å². The molecule has 0 aliphatic heterocycles. The molecule has 0 spiro atoms. The van der Waals surface area contributed by atoms with Gasteiger partial charge in [0.1, 0.15) is 5.75 Å². The maximum absolute atomic E-state index is 13.6. The summed E-state index contributed by atoms with van der Waals surface area (Å²) in [6, 6.07) is 8.84. The molecule has 1 amide bonds. The van der Waals surface area contributed by atoms with E-state index in [1.165, 1.54) is 24.3 Å². The van der Waals surface area contributed by atoms with Gasteiger partial charge in [-0.15, -0.1) is 0 Å². The summed E-state index contributed by atoms with van der Waals surface area (Å²) in [5.74, 6) is -3.07. The minimum atomic E-state index is -0.986. The Kier molecular flexibility index (Phi) is 3.62. The van der Waals surface area contributed by atoms with E-state index in [1.807, 2.05) is 0 Å². The standard InChI is InChI=1S/C14H8F2N2O2/c15-11-5-8(7-17)6-12(16)13(11)20-10-3-1-9(2-4-10)14(18)19/h1-6H,(H2,18,19). The quantitative estimate of drug-likeness (QED) is 0.934. The molecule has 4 nitrogen and oxygen atoms in total. The van der Waals surface area contributed by atoms with Crippen molar-refractivity contribution in [3.05, 3.63) is 59.2 Å². The van der Waals surface area contributed by atoms with E-state index in [0.717, 1.165) is 12.1 Å². The summed E-state index contributed by atoms with van der Waals surface area (Å²) in [5.41, 5.74) is 5.17. The molecule has 20 heavy (non-hydrogen) atoms. The molecule has 0 radical (unpaired) electrons. The molecule has 2 aromatic carbocycles. The number of rotatable bonds is 3. The summed E-state index contributed by atoms with van der Waals surface area (Å²) in [6.45, 7) is 0. The van der Waals surface area contributed by atoms with Gasteiger partial charge in [0.15, 0.2) is 17.4 Å². The number of nitrogens with two attached hydrogens (primary N) is 1. The van der Waals surface area contributed by atoms with Crippen molar-refractivity contribution in [3.8, 4) is 17.6 Å². The van der Waals surface area contributed by atoms with E-state index in [2.05, 4.69) is 0 Å². The predicted octanol–water partition coefficient (Wildman–Crippen LogP) is 2.73. The lowest BCUT2D eigenvalue weighted by molar-refractivity contribution is 0.100. The number of primary amides is 1. The molecule has 2 rings (SSSR count). The van der Waals surface area contributed by atoms with E-state index < -0.39 is 23.3 Å². The van der Waals surface area contributed by atoms with Crippen molar-refractivity contribution in [1.82, 2.24) is 0 Å². The van der Waals surface area contributed by atoms with Crippen LogP contribution in [-0.4, -0.2) is 5.91 Å². The molecule has 0 atom stereocenters. The first kappa shape index (κ1) is 13.5. The number of ether oxygens (including phenoxy) is 1. The van der Waals surface area contributed by atoms with Gasteiger partial charge in [-0.25, -0.2) is 8.78 Å². The summed E-state index contributed by atoms with van der Waals surface area (Å²) in [4.78, 5) is 10.9. The van der Waals surface area contributed by atoms with Crippen molar-refractivity contribution in [2.45, 2.75) is 0 Å². The van der Waals surface area contributed by atoms with Crippen LogP contribution in [0.3, 0.4) is 0 Å². The van der Waals surface area contributed by atoms with E-state index in [0.29, 0.717) is 0 Å². The van der Waals surface area contributed by atoms with Gasteiger partial charge in [0.2, 0.25) is 5.91 Å². The predicted molar refractivity (Wildman–Crippen MR) is 66.1 cm³/mol. The minimum absolute atomic E-state index is 0.137. The lowest BCUT2D eigenvalue weighted by Gasteiger charge is -2.08. The highest BCUT2D eigenvalue weighted by Crippen LogP contribution is 2.28. The summed E-state index contributed by atoms with van der Waals surface area (Å²) in [5, 5.41) is 8.58. The second kappa shape index (κ2) is 5.36. The van der Waals surface area contributed by atoms with Gasteiger partial charge in [-0.3, -0.25) is 4.79 Å². The van der Waals surface area contributed by atoms with E-state index in [4.69, 9.17) is 15.7 Å². The Labute approximate surface area is 113 Å². The van der Waals surface area contributed by atoms with Crippen LogP contribution in [0.1, 0.15) is 15.9 Å². The van der Waals surface area contributed by atoms with E-state index in [-0.39, 0.29) is 16.9 Å². The molecular weight excluding hydrogens is 266 g/mol. The molecule has 0 fully saturated rings. The van der Waals surface area contributed by atoms with Crippen molar-refractivity contribution < 1.29 is 18.3 Å². The number of carbonyl (C=O) groups is 1. The molecule has 0 unspecified atom stereocenters. The van der Waals surface area contributed by atoms with Crippen LogP contribution < -0.4 is 10.5 Å². The molecule has 0 heterocycles. The van der Waals surface area contributed by atoms with E-state index >= 15 is 0 Å². The Hall–Kier alpha value is -2.94. The second-order valence-corrected chi connectivity index (χ2v) is 3.87. The van der Waals surface area contributed by atoms with Crippen LogP contribution in [-0.2, 0) is 0 Å². The van der Waals surface area contributed by atoms with Gasteiger partial charge in [-0.05, 0) is 36.4 Å². The Morgan fingerprint density at radius 2 is 1.70 bits per heavy atom. The molecule has 0 saturated heterocycles. The van der Waals surface area contributed by atoms with Crippen LogP contribution in [0.25, 0.3) is 0 Å². The first-order valence-electron chi connectivity index (χ1n) is 5.48. The lowest BCUT2D eigenvalue weighted by Crippen LogP contribution is -2.10. The fourth-order valence-corrected chi connectivity index (χ4v) is 1.53. The number of nitriles is 1. The third kappa shape index (κ3) is 2.72. The normalized spacial score (nSPS) is 9.85. The Morgan fingerprint density at radius 3 is 2.15 bits per heavy atom. The number of halogens is 2. The Balaban J connectivity index is 2.31. The van der Waals surface area contributed by atoms with Gasteiger partial charge in [-0.1, -0.05) is 0 Å². The molecule has 0 bridgehead atoms. The van der Waals surface area contributed by atoms with Crippen LogP contribution in [0.4, 0.5) is 8.78 Å². The third-order valence-corrected chi connectivity index (χ3v) is 2.49. The summed E-state index contributed by atoms with van der Waals surface area (Å²) in [7, 11) is 0. The van der Waals surface area contributed by atoms with Crippen molar-refractivity contribution in [2.24, 2.45) is 5.73 Å². The molecule has 2 N–H and O–H groups in total. The lowest BCUT2D eigenvalue weighted by atomic mass is 10.2. The zero-order valence-corrected chi connectivity index (χ0v) is 10.1. The number of hydrogen-bond donors (Lipinski definition) is 1. The monoisotopic (exact) mass is 274 g/mol. The molecule has 100 valence electrons. The number of nitrogens with zero attached hydrogens (tertiary/aromatic N) is 1. The van der Waals surface area contributed by atoms with Crippen LogP contribution in [0.5, 0.6) is 11.5 Å². The zero-order valence-electron chi connectivity index (χ0n) is 10.1. The molecule has 2 aromatic rings. The highest BCUT2D eigenvalue weighted by Gasteiger charge is 2.14. The number of carbonyl (C=O) groups excluding carboxylic acids is 1.